The van der Waals surface area contributed by atoms with Gasteiger partial charge in [-0.25, -0.2) is 0 Å². The number of fused-ring (bicyclic) bond motifs is 1. The van der Waals surface area contributed by atoms with Gasteiger partial charge in [0.05, 0.1) is 10.9 Å². The van der Waals surface area contributed by atoms with E-state index in [2.05, 4.69) is 23.4 Å². The molecule has 0 aliphatic heterocycles. The monoisotopic (exact) mass is 264 g/mol. The third-order valence-electron chi connectivity index (χ3n) is 3.35. The standard InChI is InChI=1S/C17H16N2O/c1-12(2)16-18-17(20)14-10-6-7-11-15(14)19(16)13-8-4-3-5-9-13/h3-12H,1-2H3. The van der Waals surface area contributed by atoms with Crippen molar-refractivity contribution in [2.45, 2.75) is 19.8 Å². The minimum atomic E-state index is -0.156. The summed E-state index contributed by atoms with van der Waals surface area (Å²) in [5.74, 6) is 0.965. The first-order chi connectivity index (χ1) is 9.68. The van der Waals surface area contributed by atoms with Crippen LogP contribution in [0.3, 0.4) is 0 Å². The molecular formula is C17H16N2O. The van der Waals surface area contributed by atoms with Crippen molar-refractivity contribution in [1.29, 1.82) is 0 Å². The molecule has 0 amide bonds. The van der Waals surface area contributed by atoms with Crippen molar-refractivity contribution in [3.8, 4) is 5.69 Å². The Morgan fingerprint density at radius 2 is 1.60 bits per heavy atom. The number of aromatic nitrogens is 2. The SMILES string of the molecule is CC(C)c1nc(=O)c2ccccc2n1-c1ccccc1. The molecular weight excluding hydrogens is 248 g/mol. The van der Waals surface area contributed by atoms with Gasteiger partial charge in [0, 0.05) is 11.6 Å². The Labute approximate surface area is 117 Å². The second-order valence-electron chi connectivity index (χ2n) is 5.12. The van der Waals surface area contributed by atoms with Gasteiger partial charge in [-0.05, 0) is 24.3 Å². The third-order valence-corrected chi connectivity index (χ3v) is 3.35. The van der Waals surface area contributed by atoms with Crippen molar-refractivity contribution >= 4 is 10.9 Å². The summed E-state index contributed by atoms with van der Waals surface area (Å²) in [6, 6.07) is 17.6. The minimum Gasteiger partial charge on any atom is -0.297 e. The lowest BCUT2D eigenvalue weighted by Crippen LogP contribution is -2.19. The Hall–Kier alpha value is -2.42. The van der Waals surface area contributed by atoms with Crippen molar-refractivity contribution in [2.24, 2.45) is 0 Å². The second-order valence-corrected chi connectivity index (χ2v) is 5.12. The van der Waals surface area contributed by atoms with Crippen molar-refractivity contribution in [1.82, 2.24) is 9.55 Å². The molecule has 0 aliphatic carbocycles. The summed E-state index contributed by atoms with van der Waals surface area (Å²) in [6.07, 6.45) is 0. The number of benzene rings is 2. The number of hydrogen-bond acceptors (Lipinski definition) is 2. The average molecular weight is 264 g/mol. The van der Waals surface area contributed by atoms with E-state index < -0.39 is 0 Å². The highest BCUT2D eigenvalue weighted by Crippen LogP contribution is 2.22. The Kier molecular flexibility index (Phi) is 3.11. The van der Waals surface area contributed by atoms with Gasteiger partial charge in [-0.3, -0.25) is 9.36 Å². The van der Waals surface area contributed by atoms with Crippen LogP contribution in [0.2, 0.25) is 0 Å². The van der Waals surface area contributed by atoms with Gasteiger partial charge in [0.15, 0.2) is 0 Å². The maximum atomic E-state index is 12.2. The van der Waals surface area contributed by atoms with Gasteiger partial charge in [0.25, 0.3) is 5.56 Å². The molecule has 0 fully saturated rings. The second kappa shape index (κ2) is 4.93. The van der Waals surface area contributed by atoms with Crippen LogP contribution in [0.15, 0.2) is 59.4 Å². The minimum absolute atomic E-state index is 0.156. The lowest BCUT2D eigenvalue weighted by atomic mass is 10.1. The topological polar surface area (TPSA) is 34.9 Å². The van der Waals surface area contributed by atoms with E-state index >= 15 is 0 Å². The van der Waals surface area contributed by atoms with Gasteiger partial charge in [-0.15, -0.1) is 0 Å². The summed E-state index contributed by atoms with van der Waals surface area (Å²) in [5, 5.41) is 0.653. The predicted molar refractivity (Wildman–Crippen MR) is 81.4 cm³/mol. The molecule has 0 atom stereocenters. The molecule has 0 spiro atoms. The van der Waals surface area contributed by atoms with Crippen molar-refractivity contribution in [2.75, 3.05) is 0 Å². The highest BCUT2D eigenvalue weighted by molar-refractivity contribution is 5.80. The fourth-order valence-electron chi connectivity index (χ4n) is 2.42. The predicted octanol–water partition coefficient (Wildman–Crippen LogP) is 3.51. The molecule has 0 unspecified atom stereocenters. The van der Waals surface area contributed by atoms with Crippen LogP contribution in [0.5, 0.6) is 0 Å². The largest absolute Gasteiger partial charge is 0.297 e. The summed E-state index contributed by atoms with van der Waals surface area (Å²) in [4.78, 5) is 16.4. The van der Waals surface area contributed by atoms with E-state index in [-0.39, 0.29) is 11.5 Å². The summed E-state index contributed by atoms with van der Waals surface area (Å²) in [7, 11) is 0. The Bertz CT molecular complexity index is 804. The number of hydrogen-bond donors (Lipinski definition) is 0. The van der Waals surface area contributed by atoms with E-state index in [0.717, 1.165) is 17.0 Å². The molecule has 0 radical (unpaired) electrons. The van der Waals surface area contributed by atoms with Crippen LogP contribution in [0.1, 0.15) is 25.6 Å². The molecule has 3 aromatic rings. The van der Waals surface area contributed by atoms with Gasteiger partial charge in [0.1, 0.15) is 5.82 Å². The summed E-state index contributed by atoms with van der Waals surface area (Å²) in [5.41, 5.74) is 1.78. The Morgan fingerprint density at radius 3 is 2.30 bits per heavy atom. The van der Waals surface area contributed by atoms with E-state index in [0.29, 0.717) is 5.39 Å². The van der Waals surface area contributed by atoms with E-state index in [1.54, 1.807) is 0 Å². The molecule has 0 saturated heterocycles. The number of nitrogens with zero attached hydrogens (tertiary/aromatic N) is 2. The highest BCUT2D eigenvalue weighted by atomic mass is 16.1. The average Bonchev–Trinajstić information content (AvgIpc) is 2.48. The van der Waals surface area contributed by atoms with Crippen LogP contribution in [0.4, 0.5) is 0 Å². The quantitative estimate of drug-likeness (QED) is 0.710. The maximum Gasteiger partial charge on any atom is 0.280 e. The Morgan fingerprint density at radius 1 is 0.950 bits per heavy atom. The number of rotatable bonds is 2. The summed E-state index contributed by atoms with van der Waals surface area (Å²) < 4.78 is 2.07. The van der Waals surface area contributed by atoms with E-state index in [9.17, 15) is 4.79 Å². The van der Waals surface area contributed by atoms with Crippen LogP contribution in [0.25, 0.3) is 16.6 Å². The molecule has 0 aliphatic rings. The van der Waals surface area contributed by atoms with Gasteiger partial charge < -0.3 is 0 Å². The summed E-state index contributed by atoms with van der Waals surface area (Å²) >= 11 is 0. The van der Waals surface area contributed by atoms with E-state index in [1.807, 2.05) is 54.6 Å². The van der Waals surface area contributed by atoms with Gasteiger partial charge in [0.2, 0.25) is 0 Å². The fraction of sp³-hybridized carbons (Fsp3) is 0.176. The molecule has 3 nitrogen and oxygen atoms in total. The number of para-hydroxylation sites is 2. The smallest absolute Gasteiger partial charge is 0.280 e. The molecule has 1 heterocycles. The van der Waals surface area contributed by atoms with Gasteiger partial charge in [-0.1, -0.05) is 44.2 Å². The first-order valence-corrected chi connectivity index (χ1v) is 6.75. The molecule has 3 rings (SSSR count). The lowest BCUT2D eigenvalue weighted by Gasteiger charge is -2.17. The van der Waals surface area contributed by atoms with Crippen molar-refractivity contribution in [3.63, 3.8) is 0 Å². The van der Waals surface area contributed by atoms with Gasteiger partial charge >= 0.3 is 0 Å². The molecule has 3 heteroatoms. The third kappa shape index (κ3) is 2.01. The molecule has 0 N–H and O–H groups in total. The highest BCUT2D eigenvalue weighted by Gasteiger charge is 2.14. The first-order valence-electron chi connectivity index (χ1n) is 6.75. The zero-order chi connectivity index (χ0) is 14.1. The molecule has 0 bridgehead atoms. The molecule has 1 aromatic heterocycles. The fourth-order valence-corrected chi connectivity index (χ4v) is 2.42. The molecule has 20 heavy (non-hydrogen) atoms. The van der Waals surface area contributed by atoms with Crippen LogP contribution in [-0.4, -0.2) is 9.55 Å². The Balaban J connectivity index is 2.47. The molecule has 0 saturated carbocycles. The molecule has 2 aromatic carbocycles. The zero-order valence-electron chi connectivity index (χ0n) is 11.6. The summed E-state index contributed by atoms with van der Waals surface area (Å²) in [6.45, 7) is 4.10. The van der Waals surface area contributed by atoms with Crippen LogP contribution in [-0.2, 0) is 0 Å². The zero-order valence-corrected chi connectivity index (χ0v) is 11.6. The lowest BCUT2D eigenvalue weighted by molar-refractivity contribution is 0.734. The van der Waals surface area contributed by atoms with Crippen LogP contribution in [0, 0.1) is 0 Å². The molecule has 100 valence electrons. The van der Waals surface area contributed by atoms with Crippen LogP contribution < -0.4 is 5.56 Å². The van der Waals surface area contributed by atoms with E-state index in [1.165, 1.54) is 0 Å². The van der Waals surface area contributed by atoms with E-state index in [4.69, 9.17) is 0 Å². The van der Waals surface area contributed by atoms with Crippen LogP contribution >= 0.6 is 0 Å². The van der Waals surface area contributed by atoms with Gasteiger partial charge in [-0.2, -0.15) is 4.98 Å². The first kappa shape index (κ1) is 12.6. The van der Waals surface area contributed by atoms with Crippen molar-refractivity contribution in [3.05, 3.63) is 70.8 Å². The maximum absolute atomic E-state index is 12.2. The van der Waals surface area contributed by atoms with Crippen molar-refractivity contribution < 1.29 is 0 Å². The normalized spacial score (nSPS) is 11.2.